The second-order valence-electron chi connectivity index (χ2n) is 8.42. The van der Waals surface area contributed by atoms with E-state index in [1.807, 2.05) is 0 Å². The Labute approximate surface area is 197 Å². The summed E-state index contributed by atoms with van der Waals surface area (Å²) < 4.78 is 80.6. The van der Waals surface area contributed by atoms with Crippen LogP contribution in [0.1, 0.15) is 41.7 Å². The molecule has 0 spiro atoms. The van der Waals surface area contributed by atoms with Crippen molar-refractivity contribution in [3.05, 3.63) is 41.9 Å². The van der Waals surface area contributed by atoms with Gasteiger partial charge in [-0.25, -0.2) is 4.98 Å². The number of hydrogen-bond donors (Lipinski definition) is 1. The van der Waals surface area contributed by atoms with Gasteiger partial charge in [-0.15, -0.1) is 13.2 Å². The molecule has 1 saturated carbocycles. The van der Waals surface area contributed by atoms with E-state index in [4.69, 9.17) is 0 Å². The number of imidazole rings is 1. The van der Waals surface area contributed by atoms with E-state index in [0.29, 0.717) is 19.3 Å². The third-order valence-electron chi connectivity index (χ3n) is 5.81. The molecule has 2 amide bonds. The monoisotopic (exact) mass is 506 g/mol. The maximum absolute atomic E-state index is 12.9. The van der Waals surface area contributed by atoms with Gasteiger partial charge in [0.1, 0.15) is 18.1 Å². The molecule has 1 aromatic carbocycles. The van der Waals surface area contributed by atoms with Gasteiger partial charge in [0.05, 0.1) is 12.0 Å². The lowest BCUT2D eigenvalue weighted by Gasteiger charge is -2.35. The van der Waals surface area contributed by atoms with Crippen LogP contribution in [0.4, 0.5) is 32.2 Å². The molecular formula is C22H24F6N4O3. The fraction of sp³-hybridized carbons (Fsp3) is 0.500. The molecule has 7 nitrogen and oxygen atoms in total. The van der Waals surface area contributed by atoms with Crippen LogP contribution in [0, 0.1) is 12.8 Å². The molecule has 3 rings (SSSR count). The first kappa shape index (κ1) is 26.4. The number of benzene rings is 1. The van der Waals surface area contributed by atoms with Gasteiger partial charge in [-0.3, -0.25) is 9.59 Å². The zero-order valence-corrected chi connectivity index (χ0v) is 18.9. The van der Waals surface area contributed by atoms with Crippen LogP contribution < -0.4 is 10.1 Å². The summed E-state index contributed by atoms with van der Waals surface area (Å²) in [4.78, 5) is 31.0. The maximum Gasteiger partial charge on any atom is 0.573 e. The van der Waals surface area contributed by atoms with Gasteiger partial charge >= 0.3 is 12.5 Å². The maximum atomic E-state index is 12.9. The van der Waals surface area contributed by atoms with Crippen molar-refractivity contribution < 1.29 is 40.7 Å². The van der Waals surface area contributed by atoms with E-state index in [9.17, 15) is 35.9 Å². The summed E-state index contributed by atoms with van der Waals surface area (Å²) in [7, 11) is 1.49. The average molecular weight is 506 g/mol. The van der Waals surface area contributed by atoms with E-state index in [-0.39, 0.29) is 29.5 Å². The number of carbonyl (C=O) groups excluding carboxylic acids is 2. The zero-order valence-electron chi connectivity index (χ0n) is 18.9. The molecular weight excluding hydrogens is 482 g/mol. The lowest BCUT2D eigenvalue weighted by Crippen LogP contribution is -2.42. The van der Waals surface area contributed by atoms with Crippen LogP contribution in [0.3, 0.4) is 0 Å². The number of rotatable bonds is 6. The molecule has 0 aliphatic heterocycles. The Hall–Kier alpha value is -3.25. The highest BCUT2D eigenvalue weighted by atomic mass is 19.4. The zero-order chi connectivity index (χ0) is 26.0. The molecule has 1 heterocycles. The van der Waals surface area contributed by atoms with Crippen molar-refractivity contribution in [2.45, 2.75) is 57.7 Å². The number of aryl methyl sites for hydroxylation is 1. The minimum atomic E-state index is -4.90. The van der Waals surface area contributed by atoms with Crippen LogP contribution in [0.2, 0.25) is 0 Å². The number of ether oxygens (including phenoxy) is 1. The highest BCUT2D eigenvalue weighted by Crippen LogP contribution is 2.31. The summed E-state index contributed by atoms with van der Waals surface area (Å²) in [6, 6.07) is 4.31. The number of aromatic nitrogens is 2. The minimum absolute atomic E-state index is 0.00694. The largest absolute Gasteiger partial charge is 0.573 e. The number of alkyl halides is 6. The summed E-state index contributed by atoms with van der Waals surface area (Å²) in [5.74, 6) is -2.16. The van der Waals surface area contributed by atoms with Crippen LogP contribution in [-0.2, 0) is 11.3 Å². The Morgan fingerprint density at radius 2 is 1.91 bits per heavy atom. The second-order valence-corrected chi connectivity index (χ2v) is 8.42. The van der Waals surface area contributed by atoms with E-state index in [1.165, 1.54) is 31.0 Å². The molecule has 2 atom stereocenters. The summed E-state index contributed by atoms with van der Waals surface area (Å²) in [6.45, 7) is 0.181. The first-order chi connectivity index (χ1) is 16.2. The van der Waals surface area contributed by atoms with E-state index in [2.05, 4.69) is 15.0 Å². The van der Waals surface area contributed by atoms with Gasteiger partial charge in [-0.05, 0) is 44.4 Å². The van der Waals surface area contributed by atoms with E-state index in [1.54, 1.807) is 0 Å². The molecule has 13 heteroatoms. The lowest BCUT2D eigenvalue weighted by atomic mass is 9.84. The molecule has 1 fully saturated rings. The summed E-state index contributed by atoms with van der Waals surface area (Å²) in [5, 5.41) is 2.54. The highest BCUT2D eigenvalue weighted by Gasteiger charge is 2.34. The third-order valence-corrected chi connectivity index (χ3v) is 5.81. The van der Waals surface area contributed by atoms with Crippen LogP contribution in [0.15, 0.2) is 30.6 Å². The first-order valence-corrected chi connectivity index (χ1v) is 10.8. The smallest absolute Gasteiger partial charge is 0.406 e. The number of hydrogen-bond acceptors (Lipinski definition) is 4. The molecule has 1 aliphatic carbocycles. The molecule has 0 bridgehead atoms. The van der Waals surface area contributed by atoms with Gasteiger partial charge in [0.25, 0.3) is 5.91 Å². The molecule has 1 N–H and O–H groups in total. The Morgan fingerprint density at radius 3 is 2.57 bits per heavy atom. The van der Waals surface area contributed by atoms with Crippen molar-refractivity contribution in [2.75, 3.05) is 12.4 Å². The standard InChI is InChI=1S/C22H24F6N4O3/c1-13-18(32(12-29-13)11-21(23,24)25)30-19(33)14-5-3-7-16(9-14)31(2)20(34)15-6-4-8-17(10-15)35-22(26,27)28/h4,6,8,10,12,14,16H,3,5,7,9,11H2,1-2H3,(H,30,33)/t14-,16+/m1/s1. The Morgan fingerprint density at radius 1 is 1.20 bits per heavy atom. The van der Waals surface area contributed by atoms with Gasteiger partial charge in [0.15, 0.2) is 0 Å². The van der Waals surface area contributed by atoms with Crippen molar-refractivity contribution in [3.63, 3.8) is 0 Å². The topological polar surface area (TPSA) is 76.5 Å². The molecule has 35 heavy (non-hydrogen) atoms. The number of nitrogens with one attached hydrogen (secondary N) is 1. The summed E-state index contributed by atoms with van der Waals surface area (Å²) >= 11 is 0. The first-order valence-electron chi connectivity index (χ1n) is 10.8. The van der Waals surface area contributed by atoms with Crippen molar-refractivity contribution in [3.8, 4) is 5.75 Å². The van der Waals surface area contributed by atoms with Crippen molar-refractivity contribution in [1.29, 1.82) is 0 Å². The molecule has 2 aromatic rings. The van der Waals surface area contributed by atoms with Gasteiger partial charge in [0, 0.05) is 24.6 Å². The van der Waals surface area contributed by atoms with Gasteiger partial charge < -0.3 is 19.5 Å². The van der Waals surface area contributed by atoms with Crippen LogP contribution in [-0.4, -0.2) is 51.9 Å². The SMILES string of the molecule is Cc1ncn(CC(F)(F)F)c1NC(=O)[C@@H]1CCC[C@H](N(C)C(=O)c2cccc(OC(F)(F)F)c2)C1. The van der Waals surface area contributed by atoms with Crippen LogP contribution >= 0.6 is 0 Å². The third kappa shape index (κ3) is 7.12. The van der Waals surface area contributed by atoms with E-state index in [0.717, 1.165) is 23.0 Å². The second kappa shape index (κ2) is 10.2. The predicted octanol–water partition coefficient (Wildman–Crippen LogP) is 4.92. The van der Waals surface area contributed by atoms with Crippen molar-refractivity contribution in [1.82, 2.24) is 14.5 Å². The van der Waals surface area contributed by atoms with E-state index < -0.39 is 42.6 Å². The van der Waals surface area contributed by atoms with Gasteiger partial charge in [0.2, 0.25) is 5.91 Å². The number of anilines is 1. The molecule has 192 valence electrons. The summed E-state index contributed by atoms with van der Waals surface area (Å²) in [6.07, 6.45) is -6.51. The molecule has 1 aliphatic rings. The highest BCUT2D eigenvalue weighted by molar-refractivity contribution is 5.95. The van der Waals surface area contributed by atoms with Crippen LogP contribution in [0.5, 0.6) is 5.75 Å². The fourth-order valence-corrected chi connectivity index (χ4v) is 4.13. The normalized spacial score (nSPS) is 18.7. The number of nitrogens with zero attached hydrogens (tertiary/aromatic N) is 3. The van der Waals surface area contributed by atoms with Crippen molar-refractivity contribution >= 4 is 17.6 Å². The minimum Gasteiger partial charge on any atom is -0.406 e. The number of carbonyl (C=O) groups is 2. The average Bonchev–Trinajstić information content (AvgIpc) is 3.09. The molecule has 0 radical (unpaired) electrons. The fourth-order valence-electron chi connectivity index (χ4n) is 4.13. The van der Waals surface area contributed by atoms with Gasteiger partial charge in [-0.2, -0.15) is 13.2 Å². The molecule has 1 aromatic heterocycles. The molecule has 0 unspecified atom stereocenters. The van der Waals surface area contributed by atoms with Crippen molar-refractivity contribution in [2.24, 2.45) is 5.92 Å². The quantitative estimate of drug-likeness (QED) is 0.565. The van der Waals surface area contributed by atoms with Gasteiger partial charge in [-0.1, -0.05) is 12.5 Å². The lowest BCUT2D eigenvalue weighted by molar-refractivity contribution is -0.274. The molecule has 0 saturated heterocycles. The number of halogens is 6. The Balaban J connectivity index is 1.67. The Kier molecular flexibility index (Phi) is 7.65. The Bertz CT molecular complexity index is 1070. The number of amides is 2. The van der Waals surface area contributed by atoms with Crippen LogP contribution in [0.25, 0.3) is 0 Å². The van der Waals surface area contributed by atoms with E-state index >= 15 is 0 Å². The summed E-state index contributed by atoms with van der Waals surface area (Å²) in [5.41, 5.74) is 0.232. The predicted molar refractivity (Wildman–Crippen MR) is 113 cm³/mol.